The van der Waals surface area contributed by atoms with Gasteiger partial charge in [-0.25, -0.2) is 21.8 Å². The maximum Gasteiger partial charge on any atom is 0.245 e. The molecule has 156 valence electrons. The number of benzene rings is 1. The lowest BCUT2D eigenvalue weighted by molar-refractivity contribution is 0.590. The molecule has 0 saturated heterocycles. The Labute approximate surface area is 174 Å². The highest BCUT2D eigenvalue weighted by Crippen LogP contribution is 2.28. The highest BCUT2D eigenvalue weighted by Gasteiger charge is 2.27. The summed E-state index contributed by atoms with van der Waals surface area (Å²) in [6.07, 6.45) is 3.40. The molecule has 2 aromatic heterocycles. The van der Waals surface area contributed by atoms with Crippen LogP contribution in [-0.4, -0.2) is 43.9 Å². The molecule has 0 aliphatic rings. The largest absolute Gasteiger partial charge is 0.340 e. The first kappa shape index (κ1) is 21.3. The average molecular weight is 458 g/mol. The average Bonchev–Trinajstić information content (AvgIpc) is 2.98. The van der Waals surface area contributed by atoms with Crippen LogP contribution in [0.2, 0.25) is 5.15 Å². The van der Waals surface area contributed by atoms with Crippen molar-refractivity contribution in [3.05, 3.63) is 47.2 Å². The van der Waals surface area contributed by atoms with E-state index in [4.69, 9.17) is 11.6 Å². The summed E-state index contributed by atoms with van der Waals surface area (Å²) in [6, 6.07) is 7.52. The number of nitrogens with one attached hydrogen (secondary N) is 1. The van der Waals surface area contributed by atoms with Gasteiger partial charge in [-0.15, -0.1) is 0 Å². The molecule has 1 aromatic carbocycles. The molecule has 3 rings (SSSR count). The van der Waals surface area contributed by atoms with E-state index in [9.17, 15) is 16.8 Å². The predicted molar refractivity (Wildman–Crippen MR) is 114 cm³/mol. The van der Waals surface area contributed by atoms with E-state index in [-0.39, 0.29) is 11.6 Å². The lowest BCUT2D eigenvalue weighted by atomic mass is 10.1. The van der Waals surface area contributed by atoms with E-state index in [0.29, 0.717) is 26.0 Å². The van der Waals surface area contributed by atoms with Gasteiger partial charge in [-0.2, -0.15) is 13.3 Å². The molecule has 0 amide bonds. The lowest BCUT2D eigenvalue weighted by Crippen LogP contribution is -2.35. The molecule has 12 heteroatoms. The van der Waals surface area contributed by atoms with Crippen LogP contribution in [0.3, 0.4) is 0 Å². The highest BCUT2D eigenvalue weighted by atomic mass is 35.5. The van der Waals surface area contributed by atoms with Crippen LogP contribution in [0.15, 0.2) is 36.5 Å². The van der Waals surface area contributed by atoms with Crippen LogP contribution < -0.4 is 9.03 Å². The van der Waals surface area contributed by atoms with Gasteiger partial charge in [0.15, 0.2) is 5.65 Å². The molecule has 2 heterocycles. The quantitative estimate of drug-likeness (QED) is 0.566. The first-order chi connectivity index (χ1) is 13.4. The normalized spacial score (nSPS) is 12.5. The van der Waals surface area contributed by atoms with Gasteiger partial charge in [-0.3, -0.25) is 0 Å². The summed E-state index contributed by atoms with van der Waals surface area (Å²) < 4.78 is 49.6. The Kier molecular flexibility index (Phi) is 5.50. The zero-order valence-corrected chi connectivity index (χ0v) is 18.5. The summed E-state index contributed by atoms with van der Waals surface area (Å²) in [5, 5.41) is 7.79. The lowest BCUT2D eigenvalue weighted by Gasteiger charge is -2.20. The van der Waals surface area contributed by atoms with Crippen LogP contribution in [0, 0.1) is 0 Å². The maximum atomic E-state index is 11.9. The van der Waals surface area contributed by atoms with Crippen molar-refractivity contribution in [1.82, 2.24) is 14.6 Å². The predicted octanol–water partition coefficient (Wildman–Crippen LogP) is 2.98. The topological polar surface area (TPSA) is 114 Å². The molecule has 0 radical (unpaired) electrons. The van der Waals surface area contributed by atoms with Crippen molar-refractivity contribution in [2.45, 2.75) is 19.8 Å². The molecule has 3 aromatic rings. The van der Waals surface area contributed by atoms with E-state index < -0.39 is 20.0 Å². The van der Waals surface area contributed by atoms with Crippen molar-refractivity contribution in [1.29, 1.82) is 0 Å². The summed E-state index contributed by atoms with van der Waals surface area (Å²) in [6.45, 7) is 4.06. The van der Waals surface area contributed by atoms with Crippen LogP contribution in [-0.2, 0) is 20.0 Å². The maximum absolute atomic E-state index is 11.9. The molecule has 0 saturated carbocycles. The van der Waals surface area contributed by atoms with E-state index in [2.05, 4.69) is 15.4 Å². The molecular weight excluding hydrogens is 438 g/mol. The molecule has 9 nitrogen and oxygen atoms in total. The molecule has 0 atom stereocenters. The minimum absolute atomic E-state index is 0.0136. The van der Waals surface area contributed by atoms with Crippen molar-refractivity contribution in [3.63, 3.8) is 0 Å². The highest BCUT2D eigenvalue weighted by molar-refractivity contribution is 8.09. The van der Waals surface area contributed by atoms with Crippen molar-refractivity contribution < 1.29 is 16.8 Å². The number of halogens is 1. The Morgan fingerprint density at radius 3 is 2.17 bits per heavy atom. The molecule has 1 N–H and O–H groups in total. The van der Waals surface area contributed by atoms with E-state index in [1.54, 1.807) is 28.9 Å². The molecule has 0 fully saturated rings. The number of fused-ring (bicyclic) bond motifs is 1. The van der Waals surface area contributed by atoms with Gasteiger partial charge >= 0.3 is 0 Å². The number of nitrogens with zero attached hydrogens (tertiary/aromatic N) is 4. The van der Waals surface area contributed by atoms with E-state index in [1.807, 2.05) is 13.8 Å². The van der Waals surface area contributed by atoms with Crippen molar-refractivity contribution >= 4 is 54.5 Å². The van der Waals surface area contributed by atoms with Gasteiger partial charge in [0.25, 0.3) is 0 Å². The number of sulfonamides is 2. The summed E-state index contributed by atoms with van der Waals surface area (Å²) in [5.41, 5.74) is 2.18. The molecular formula is C17H20ClN5O4S2. The standard InChI is InChI=1S/C17H20ClN5O4S2/c1-11(2)14-10-19-22-16(9-15(18)21-17(14)22)20-12-5-7-13(8-6-12)23(28(3,24)25)29(4,26)27/h5-11,20H,1-4H3. The number of rotatable bonds is 6. The summed E-state index contributed by atoms with van der Waals surface area (Å²) in [4.78, 5) is 4.34. The third-order valence-electron chi connectivity index (χ3n) is 4.04. The minimum Gasteiger partial charge on any atom is -0.340 e. The molecule has 0 aliphatic heterocycles. The Balaban J connectivity index is 1.99. The third kappa shape index (κ3) is 4.46. The van der Waals surface area contributed by atoms with Gasteiger partial charge in [0, 0.05) is 17.3 Å². The number of anilines is 3. The summed E-state index contributed by atoms with van der Waals surface area (Å²) >= 11 is 6.16. The van der Waals surface area contributed by atoms with E-state index in [1.165, 1.54) is 12.1 Å². The zero-order chi connectivity index (χ0) is 21.6. The smallest absolute Gasteiger partial charge is 0.245 e. The SMILES string of the molecule is CC(C)c1cnn2c(Nc3ccc(N(S(C)(=O)=O)S(C)(=O)=O)cc3)cc(Cl)nc12. The number of aromatic nitrogens is 3. The van der Waals surface area contributed by atoms with E-state index >= 15 is 0 Å². The van der Waals surface area contributed by atoms with Crippen molar-refractivity contribution in [2.24, 2.45) is 0 Å². The second kappa shape index (κ2) is 7.47. The van der Waals surface area contributed by atoms with Gasteiger partial charge in [0.2, 0.25) is 20.0 Å². The Morgan fingerprint density at radius 1 is 1.07 bits per heavy atom. The summed E-state index contributed by atoms with van der Waals surface area (Å²) in [7, 11) is -8.00. The molecule has 0 spiro atoms. The van der Waals surface area contributed by atoms with Gasteiger partial charge in [0.1, 0.15) is 11.0 Å². The Bertz CT molecular complexity index is 1240. The molecule has 29 heavy (non-hydrogen) atoms. The molecule has 0 bridgehead atoms. The van der Waals surface area contributed by atoms with Crippen LogP contribution in [0.25, 0.3) is 5.65 Å². The minimum atomic E-state index is -4.00. The first-order valence-electron chi connectivity index (χ1n) is 8.49. The van der Waals surface area contributed by atoms with Crippen LogP contribution in [0.5, 0.6) is 0 Å². The van der Waals surface area contributed by atoms with Crippen molar-refractivity contribution in [3.8, 4) is 0 Å². The second-order valence-electron chi connectivity index (χ2n) is 6.85. The van der Waals surface area contributed by atoms with Crippen LogP contribution in [0.4, 0.5) is 17.2 Å². The monoisotopic (exact) mass is 457 g/mol. The Hall–Kier alpha value is -2.37. The fraction of sp³-hybridized carbons (Fsp3) is 0.294. The number of hydrogen-bond acceptors (Lipinski definition) is 7. The second-order valence-corrected chi connectivity index (χ2v) is 11.1. The number of hydrogen-bond donors (Lipinski definition) is 1. The third-order valence-corrected chi connectivity index (χ3v) is 7.49. The fourth-order valence-electron chi connectivity index (χ4n) is 2.89. The Morgan fingerprint density at radius 2 is 1.66 bits per heavy atom. The zero-order valence-electron chi connectivity index (χ0n) is 16.2. The fourth-order valence-corrected chi connectivity index (χ4v) is 6.05. The van der Waals surface area contributed by atoms with Gasteiger partial charge in [0.05, 0.1) is 24.4 Å². The molecule has 0 aliphatic carbocycles. The molecule has 0 unspecified atom stereocenters. The van der Waals surface area contributed by atoms with Crippen molar-refractivity contribution in [2.75, 3.05) is 21.5 Å². The first-order valence-corrected chi connectivity index (χ1v) is 12.6. The van der Waals surface area contributed by atoms with Gasteiger partial charge in [-0.1, -0.05) is 25.4 Å². The van der Waals surface area contributed by atoms with Crippen LogP contribution >= 0.6 is 11.6 Å². The van der Waals surface area contributed by atoms with Gasteiger partial charge in [-0.05, 0) is 30.2 Å². The van der Waals surface area contributed by atoms with Crippen LogP contribution in [0.1, 0.15) is 25.3 Å². The summed E-state index contributed by atoms with van der Waals surface area (Å²) in [5.74, 6) is 0.770. The van der Waals surface area contributed by atoms with Gasteiger partial charge < -0.3 is 5.32 Å². The van der Waals surface area contributed by atoms with E-state index in [0.717, 1.165) is 18.1 Å².